The summed E-state index contributed by atoms with van der Waals surface area (Å²) in [5.74, 6) is -0.181. The topological polar surface area (TPSA) is 109 Å². The van der Waals surface area contributed by atoms with Gasteiger partial charge in [-0.2, -0.15) is 4.98 Å². The van der Waals surface area contributed by atoms with Crippen molar-refractivity contribution in [3.05, 3.63) is 46.0 Å². The molecule has 1 aliphatic carbocycles. The third-order valence-corrected chi connectivity index (χ3v) is 7.54. The molecule has 1 saturated heterocycles. The molecular formula is C23H26N6O3S. The van der Waals surface area contributed by atoms with Gasteiger partial charge >= 0.3 is 0 Å². The number of carbonyl (C=O) groups excluding carboxylic acids is 2. The number of amides is 2. The van der Waals surface area contributed by atoms with Crippen LogP contribution in [-0.2, 0) is 29.0 Å². The molecule has 3 heterocycles. The number of nitrogens with zero attached hydrogens (tertiary/aromatic N) is 4. The van der Waals surface area contributed by atoms with Gasteiger partial charge in [0.1, 0.15) is 17.6 Å². The molecule has 2 aromatic heterocycles. The van der Waals surface area contributed by atoms with Gasteiger partial charge in [0.05, 0.1) is 0 Å². The van der Waals surface area contributed by atoms with Gasteiger partial charge in [-0.05, 0) is 55.4 Å². The van der Waals surface area contributed by atoms with E-state index in [2.05, 4.69) is 31.6 Å². The van der Waals surface area contributed by atoms with E-state index in [9.17, 15) is 14.4 Å². The van der Waals surface area contributed by atoms with E-state index >= 15 is 0 Å². The number of aromatic nitrogens is 3. The minimum atomic E-state index is -0.270. The van der Waals surface area contributed by atoms with Crippen LogP contribution >= 0.6 is 11.3 Å². The Morgan fingerprint density at radius 3 is 2.76 bits per heavy atom. The van der Waals surface area contributed by atoms with Crippen LogP contribution in [0.25, 0.3) is 10.3 Å². The molecule has 0 bridgehead atoms. The number of carbonyl (C=O) groups is 2. The summed E-state index contributed by atoms with van der Waals surface area (Å²) >= 11 is 1.29. The summed E-state index contributed by atoms with van der Waals surface area (Å²) in [7, 11) is 1.66. The molecule has 0 saturated carbocycles. The summed E-state index contributed by atoms with van der Waals surface area (Å²) < 4.78 is 1.76. The van der Waals surface area contributed by atoms with Crippen molar-refractivity contribution in [2.75, 3.05) is 30.4 Å². The van der Waals surface area contributed by atoms with Crippen molar-refractivity contribution in [1.82, 2.24) is 19.9 Å². The summed E-state index contributed by atoms with van der Waals surface area (Å²) in [6.45, 7) is 1.30. The lowest BCUT2D eigenvalue weighted by Gasteiger charge is -2.30. The van der Waals surface area contributed by atoms with Gasteiger partial charge in [0, 0.05) is 31.7 Å². The van der Waals surface area contributed by atoms with Crippen LogP contribution < -0.4 is 21.1 Å². The first-order chi connectivity index (χ1) is 16.0. The molecule has 1 fully saturated rings. The minimum Gasteiger partial charge on any atom is -0.359 e. The molecule has 9 nitrogen and oxygen atoms in total. The van der Waals surface area contributed by atoms with E-state index in [0.29, 0.717) is 23.4 Å². The Balaban J connectivity index is 1.28. The average Bonchev–Trinajstić information content (AvgIpc) is 3.47. The number of hydrogen-bond donors (Lipinski definition) is 2. The Kier molecular flexibility index (Phi) is 5.84. The molecule has 1 aliphatic heterocycles. The maximum absolute atomic E-state index is 13.0. The first kappa shape index (κ1) is 21.6. The molecule has 0 atom stereocenters. The van der Waals surface area contributed by atoms with Crippen LogP contribution in [0.15, 0.2) is 29.3 Å². The highest BCUT2D eigenvalue weighted by Crippen LogP contribution is 2.29. The number of piperidine rings is 1. The van der Waals surface area contributed by atoms with Gasteiger partial charge in [-0.1, -0.05) is 17.4 Å². The maximum atomic E-state index is 13.0. The summed E-state index contributed by atoms with van der Waals surface area (Å²) in [6.07, 6.45) is 6.15. The van der Waals surface area contributed by atoms with Gasteiger partial charge in [-0.15, -0.1) is 0 Å². The molecule has 0 unspecified atom stereocenters. The van der Waals surface area contributed by atoms with E-state index < -0.39 is 0 Å². The Morgan fingerprint density at radius 1 is 1.18 bits per heavy atom. The molecule has 2 N–H and O–H groups in total. The highest BCUT2D eigenvalue weighted by molar-refractivity contribution is 7.22. The molecule has 2 amide bonds. The fraction of sp³-hybridized carbons (Fsp3) is 0.435. The normalized spacial score (nSPS) is 16.1. The third-order valence-electron chi connectivity index (χ3n) is 6.45. The fourth-order valence-electron chi connectivity index (χ4n) is 4.62. The minimum absolute atomic E-state index is 0.0140. The number of thiazole rings is 1. The molecule has 10 heteroatoms. The quantitative estimate of drug-likeness (QED) is 0.595. The Morgan fingerprint density at radius 2 is 1.97 bits per heavy atom. The molecular weight excluding hydrogens is 440 g/mol. The van der Waals surface area contributed by atoms with Crippen LogP contribution in [0.1, 0.15) is 30.4 Å². The Labute approximate surface area is 194 Å². The maximum Gasteiger partial charge on any atom is 0.273 e. The van der Waals surface area contributed by atoms with Crippen molar-refractivity contribution >= 4 is 44.3 Å². The van der Waals surface area contributed by atoms with Crippen LogP contribution in [-0.4, -0.2) is 46.5 Å². The zero-order chi connectivity index (χ0) is 22.9. The van der Waals surface area contributed by atoms with Crippen molar-refractivity contribution < 1.29 is 9.59 Å². The van der Waals surface area contributed by atoms with Crippen LogP contribution in [0.4, 0.5) is 10.8 Å². The molecule has 0 radical (unpaired) electrons. The largest absolute Gasteiger partial charge is 0.359 e. The van der Waals surface area contributed by atoms with Gasteiger partial charge in [0.25, 0.3) is 5.56 Å². The smallest absolute Gasteiger partial charge is 0.273 e. The van der Waals surface area contributed by atoms with Crippen LogP contribution in [0.3, 0.4) is 0 Å². The molecule has 5 rings (SSSR count). The summed E-state index contributed by atoms with van der Waals surface area (Å²) in [6, 6.07) is 6.00. The van der Waals surface area contributed by atoms with Gasteiger partial charge in [0.2, 0.25) is 11.8 Å². The van der Waals surface area contributed by atoms with Crippen molar-refractivity contribution in [2.24, 2.45) is 5.92 Å². The van der Waals surface area contributed by atoms with Gasteiger partial charge in [-0.3, -0.25) is 19.0 Å². The fourth-order valence-corrected chi connectivity index (χ4v) is 5.65. The number of nitrogens with one attached hydrogen (secondary N) is 2. The third kappa shape index (κ3) is 4.35. The predicted molar refractivity (Wildman–Crippen MR) is 128 cm³/mol. The second-order valence-corrected chi connectivity index (χ2v) is 9.57. The zero-order valence-electron chi connectivity index (χ0n) is 18.5. The number of anilines is 2. The van der Waals surface area contributed by atoms with Crippen molar-refractivity contribution in [1.29, 1.82) is 0 Å². The van der Waals surface area contributed by atoms with E-state index in [1.54, 1.807) is 7.05 Å². The average molecular weight is 467 g/mol. The number of fused-ring (bicyclic) bond motifs is 2. The van der Waals surface area contributed by atoms with Gasteiger partial charge in [0.15, 0.2) is 10.8 Å². The standard InChI is InChI=1S/C23H26N6O3S/c1-24-21(31)15-7-9-28(10-8-15)23-27-20-19(33-23)22(32)29(13-25-20)12-18(30)26-17-6-5-14-3-2-4-16(14)11-17/h5-6,11,13,15H,2-4,7-10,12H2,1H3,(H,24,31)(H,26,30). The highest BCUT2D eigenvalue weighted by atomic mass is 32.1. The van der Waals surface area contributed by atoms with E-state index in [-0.39, 0.29) is 29.8 Å². The van der Waals surface area contributed by atoms with Gasteiger partial charge < -0.3 is 15.5 Å². The van der Waals surface area contributed by atoms with Crippen LogP contribution in [0.2, 0.25) is 0 Å². The summed E-state index contributed by atoms with van der Waals surface area (Å²) in [4.78, 5) is 48.4. The van der Waals surface area contributed by atoms with E-state index in [1.165, 1.54) is 33.4 Å². The second kappa shape index (κ2) is 8.93. The molecule has 0 spiro atoms. The zero-order valence-corrected chi connectivity index (χ0v) is 19.3. The summed E-state index contributed by atoms with van der Waals surface area (Å²) in [5.41, 5.74) is 3.50. The number of rotatable bonds is 5. The second-order valence-electron chi connectivity index (χ2n) is 8.59. The first-order valence-corrected chi connectivity index (χ1v) is 12.1. The molecule has 2 aliphatic rings. The Bertz CT molecular complexity index is 1270. The van der Waals surface area contributed by atoms with Crippen LogP contribution in [0, 0.1) is 5.92 Å². The van der Waals surface area contributed by atoms with E-state index in [1.807, 2.05) is 12.1 Å². The number of aryl methyl sites for hydroxylation is 2. The van der Waals surface area contributed by atoms with Crippen molar-refractivity contribution in [2.45, 2.75) is 38.6 Å². The predicted octanol–water partition coefficient (Wildman–Crippen LogP) is 1.94. The van der Waals surface area contributed by atoms with Crippen LogP contribution in [0.5, 0.6) is 0 Å². The Hall–Kier alpha value is -3.27. The SMILES string of the molecule is CNC(=O)C1CCN(c2nc3ncn(CC(=O)Nc4ccc5c(c4)CCC5)c(=O)c3s2)CC1. The molecule has 3 aromatic rings. The number of hydrogen-bond acceptors (Lipinski definition) is 7. The summed E-state index contributed by atoms with van der Waals surface area (Å²) in [5, 5.41) is 6.33. The monoisotopic (exact) mass is 466 g/mol. The lowest BCUT2D eigenvalue weighted by Crippen LogP contribution is -2.39. The highest BCUT2D eigenvalue weighted by Gasteiger charge is 2.26. The molecule has 33 heavy (non-hydrogen) atoms. The lowest BCUT2D eigenvalue weighted by molar-refractivity contribution is -0.125. The lowest BCUT2D eigenvalue weighted by atomic mass is 9.96. The van der Waals surface area contributed by atoms with Gasteiger partial charge in [-0.25, -0.2) is 4.98 Å². The van der Waals surface area contributed by atoms with Crippen molar-refractivity contribution in [3.8, 4) is 0 Å². The first-order valence-electron chi connectivity index (χ1n) is 11.3. The van der Waals surface area contributed by atoms with Crippen molar-refractivity contribution in [3.63, 3.8) is 0 Å². The molecule has 172 valence electrons. The molecule has 1 aromatic carbocycles. The van der Waals surface area contributed by atoms with E-state index in [4.69, 9.17) is 0 Å². The van der Waals surface area contributed by atoms with E-state index in [0.717, 1.165) is 42.9 Å². The number of benzene rings is 1.